The van der Waals surface area contributed by atoms with Crippen molar-refractivity contribution >= 4 is 12.0 Å². The number of benzene rings is 1. The molecule has 4 rings (SSSR count). The molecule has 3 heterocycles. The van der Waals surface area contributed by atoms with Gasteiger partial charge in [0.05, 0.1) is 5.69 Å². The Hall–Kier alpha value is -3.41. The molecule has 0 unspecified atom stereocenters. The van der Waals surface area contributed by atoms with E-state index in [4.69, 9.17) is 0 Å². The number of piperidine rings is 1. The smallest absolute Gasteiger partial charge is 0.193 e. The van der Waals surface area contributed by atoms with Gasteiger partial charge in [0.2, 0.25) is 0 Å². The Kier molecular flexibility index (Phi) is 6.46. The normalized spacial score (nSPS) is 14.6. The van der Waals surface area contributed by atoms with Gasteiger partial charge in [0, 0.05) is 38.6 Å². The Labute approximate surface area is 184 Å². The van der Waals surface area contributed by atoms with Crippen LogP contribution in [0.5, 0.6) is 0 Å². The second-order valence-electron chi connectivity index (χ2n) is 7.96. The van der Waals surface area contributed by atoms with Crippen molar-refractivity contribution in [2.75, 3.05) is 20.1 Å². The number of aromatic nitrogens is 3. The Bertz CT molecular complexity index is 1050. The number of likely N-dealkylation sites (tertiary alicyclic amines) is 1. The van der Waals surface area contributed by atoms with Crippen molar-refractivity contribution < 1.29 is 0 Å². The van der Waals surface area contributed by atoms with Gasteiger partial charge in [0.15, 0.2) is 11.8 Å². The molecule has 1 N–H and O–H groups in total. The van der Waals surface area contributed by atoms with Crippen molar-refractivity contribution in [3.05, 3.63) is 82.8 Å². The van der Waals surface area contributed by atoms with Crippen LogP contribution in [0.1, 0.15) is 35.4 Å². The number of aliphatic imine (C=N–C) groups is 1. The van der Waals surface area contributed by atoms with E-state index in [0.29, 0.717) is 6.54 Å². The highest BCUT2D eigenvalue weighted by molar-refractivity contribution is 5.80. The van der Waals surface area contributed by atoms with Crippen molar-refractivity contribution in [2.24, 2.45) is 4.99 Å². The fraction of sp³-hybridized carbons (Fsp3) is 0.320. The van der Waals surface area contributed by atoms with E-state index in [1.807, 2.05) is 37.8 Å². The molecule has 160 valence electrons. The van der Waals surface area contributed by atoms with Crippen molar-refractivity contribution in [3.63, 3.8) is 0 Å². The van der Waals surface area contributed by atoms with E-state index in [-0.39, 0.29) is 0 Å². The van der Waals surface area contributed by atoms with Crippen molar-refractivity contribution in [3.8, 4) is 5.82 Å². The van der Waals surface area contributed by atoms with Gasteiger partial charge in [-0.2, -0.15) is 5.10 Å². The molecule has 1 aliphatic heterocycles. The van der Waals surface area contributed by atoms with E-state index < -0.39 is 0 Å². The monoisotopic (exact) mass is 414 g/mol. The first-order chi connectivity index (χ1) is 15.1. The van der Waals surface area contributed by atoms with Crippen LogP contribution in [0.25, 0.3) is 11.9 Å². The van der Waals surface area contributed by atoms with Gasteiger partial charge in [-0.15, -0.1) is 0 Å². The van der Waals surface area contributed by atoms with E-state index >= 15 is 0 Å². The van der Waals surface area contributed by atoms with Crippen LogP contribution in [0.3, 0.4) is 0 Å². The van der Waals surface area contributed by atoms with Gasteiger partial charge < -0.3 is 10.2 Å². The maximum atomic E-state index is 4.59. The molecule has 2 aromatic heterocycles. The van der Waals surface area contributed by atoms with Gasteiger partial charge in [0.25, 0.3) is 0 Å². The average Bonchev–Trinajstić information content (AvgIpc) is 3.14. The van der Waals surface area contributed by atoms with Gasteiger partial charge in [-0.1, -0.05) is 48.0 Å². The van der Waals surface area contributed by atoms with E-state index in [0.717, 1.165) is 54.7 Å². The highest BCUT2D eigenvalue weighted by atomic mass is 15.3. The summed E-state index contributed by atoms with van der Waals surface area (Å²) in [6, 6.07) is 16.7. The van der Waals surface area contributed by atoms with Crippen LogP contribution in [0.2, 0.25) is 0 Å². The number of nitrogens with one attached hydrogen (secondary N) is 1. The highest BCUT2D eigenvalue weighted by Crippen LogP contribution is 2.19. The van der Waals surface area contributed by atoms with Crippen LogP contribution in [0, 0.1) is 13.8 Å². The first-order valence-electron chi connectivity index (χ1n) is 10.8. The van der Waals surface area contributed by atoms with Crippen LogP contribution >= 0.6 is 0 Å². The Morgan fingerprint density at radius 1 is 1.10 bits per heavy atom. The molecular weight excluding hydrogens is 384 g/mol. The van der Waals surface area contributed by atoms with Crippen molar-refractivity contribution in [2.45, 2.75) is 33.2 Å². The predicted octanol–water partition coefficient (Wildman–Crippen LogP) is 4.14. The zero-order valence-electron chi connectivity index (χ0n) is 18.5. The third-order valence-electron chi connectivity index (χ3n) is 5.57. The molecule has 1 saturated heterocycles. The lowest BCUT2D eigenvalue weighted by Crippen LogP contribution is -2.44. The van der Waals surface area contributed by atoms with Gasteiger partial charge in [-0.25, -0.2) is 9.67 Å². The molecule has 0 aliphatic carbocycles. The lowest BCUT2D eigenvalue weighted by atomic mass is 10.0. The van der Waals surface area contributed by atoms with E-state index in [1.54, 1.807) is 0 Å². The summed E-state index contributed by atoms with van der Waals surface area (Å²) in [5, 5.41) is 7.99. The summed E-state index contributed by atoms with van der Waals surface area (Å²) in [7, 11) is 1.85. The number of guanidine groups is 1. The van der Waals surface area contributed by atoms with Gasteiger partial charge in [-0.05, 0) is 49.9 Å². The van der Waals surface area contributed by atoms with Crippen LogP contribution in [0.15, 0.2) is 65.3 Å². The van der Waals surface area contributed by atoms with E-state index in [1.165, 1.54) is 11.1 Å². The fourth-order valence-electron chi connectivity index (χ4n) is 3.96. The quantitative estimate of drug-likeness (QED) is 0.515. The lowest BCUT2D eigenvalue weighted by Gasteiger charge is -2.31. The fourth-order valence-corrected chi connectivity index (χ4v) is 3.96. The molecule has 1 fully saturated rings. The summed E-state index contributed by atoms with van der Waals surface area (Å²) in [6.45, 7) is 6.69. The van der Waals surface area contributed by atoms with Crippen LogP contribution in [-0.4, -0.2) is 45.8 Å². The zero-order chi connectivity index (χ0) is 21.6. The first-order valence-corrected chi connectivity index (χ1v) is 10.8. The standard InChI is InChI=1S/C25H30N6/c1-19-15-20(2)31(29-19)24-10-9-23(17-27-24)18-28-25(26-3)30-13-11-22(12-14-30)16-21-7-5-4-6-8-21/h4-10,15-17H,11-14,18H2,1-3H3,(H,26,28). The molecule has 0 radical (unpaired) electrons. The predicted molar refractivity (Wildman–Crippen MR) is 126 cm³/mol. The number of nitrogens with zero attached hydrogens (tertiary/aromatic N) is 5. The van der Waals surface area contributed by atoms with Crippen LogP contribution in [-0.2, 0) is 6.54 Å². The molecule has 6 heteroatoms. The molecule has 1 aliphatic rings. The van der Waals surface area contributed by atoms with Gasteiger partial charge in [0.1, 0.15) is 0 Å². The SMILES string of the molecule is CN=C(NCc1ccc(-n2nc(C)cc2C)nc1)N1CCC(=Cc2ccccc2)CC1. The van der Waals surface area contributed by atoms with E-state index in [2.05, 4.69) is 73.8 Å². The molecule has 6 nitrogen and oxygen atoms in total. The molecule has 0 spiro atoms. The minimum Gasteiger partial charge on any atom is -0.352 e. The molecule has 1 aromatic carbocycles. The summed E-state index contributed by atoms with van der Waals surface area (Å²) >= 11 is 0. The maximum Gasteiger partial charge on any atom is 0.193 e. The Morgan fingerprint density at radius 2 is 1.87 bits per heavy atom. The molecule has 0 atom stereocenters. The summed E-state index contributed by atoms with van der Waals surface area (Å²) in [4.78, 5) is 11.4. The minimum absolute atomic E-state index is 0.695. The number of aryl methyl sites for hydroxylation is 2. The maximum absolute atomic E-state index is 4.59. The number of rotatable bonds is 4. The largest absolute Gasteiger partial charge is 0.352 e. The number of hydrogen-bond donors (Lipinski definition) is 1. The van der Waals surface area contributed by atoms with Gasteiger partial charge >= 0.3 is 0 Å². The lowest BCUT2D eigenvalue weighted by molar-refractivity contribution is 0.375. The summed E-state index contributed by atoms with van der Waals surface area (Å²) in [5.74, 6) is 1.79. The Morgan fingerprint density at radius 3 is 2.48 bits per heavy atom. The second-order valence-corrected chi connectivity index (χ2v) is 7.96. The molecule has 0 bridgehead atoms. The van der Waals surface area contributed by atoms with E-state index in [9.17, 15) is 0 Å². The third-order valence-corrected chi connectivity index (χ3v) is 5.57. The average molecular weight is 415 g/mol. The third kappa shape index (κ3) is 5.20. The first kappa shape index (κ1) is 20.8. The zero-order valence-corrected chi connectivity index (χ0v) is 18.5. The highest BCUT2D eigenvalue weighted by Gasteiger charge is 2.17. The number of hydrogen-bond acceptors (Lipinski definition) is 3. The molecule has 0 saturated carbocycles. The van der Waals surface area contributed by atoms with Crippen LogP contribution < -0.4 is 5.32 Å². The molecule has 0 amide bonds. The Balaban J connectivity index is 1.32. The second kappa shape index (κ2) is 9.60. The van der Waals surface area contributed by atoms with Gasteiger partial charge in [-0.3, -0.25) is 4.99 Å². The van der Waals surface area contributed by atoms with Crippen molar-refractivity contribution in [1.82, 2.24) is 25.0 Å². The molecule has 3 aromatic rings. The minimum atomic E-state index is 0.695. The molecular formula is C25H30N6. The van der Waals surface area contributed by atoms with Crippen molar-refractivity contribution in [1.29, 1.82) is 0 Å². The topological polar surface area (TPSA) is 58.3 Å². The summed E-state index contributed by atoms with van der Waals surface area (Å²) in [5.41, 5.74) is 5.99. The summed E-state index contributed by atoms with van der Waals surface area (Å²) < 4.78 is 1.87. The molecule has 31 heavy (non-hydrogen) atoms. The van der Waals surface area contributed by atoms with Crippen LogP contribution in [0.4, 0.5) is 0 Å². The number of pyridine rings is 1. The summed E-state index contributed by atoms with van der Waals surface area (Å²) in [6.07, 6.45) is 6.36.